The minimum atomic E-state index is -0.602. The summed E-state index contributed by atoms with van der Waals surface area (Å²) >= 11 is 0. The summed E-state index contributed by atoms with van der Waals surface area (Å²) < 4.78 is 7.12. The van der Waals surface area contributed by atoms with Crippen molar-refractivity contribution < 1.29 is 9.32 Å². The van der Waals surface area contributed by atoms with Gasteiger partial charge in [0, 0.05) is 18.7 Å². The van der Waals surface area contributed by atoms with Crippen LogP contribution in [0.2, 0.25) is 0 Å². The largest absolute Gasteiger partial charge is 0.340 e. The molecule has 1 aliphatic rings. The number of carbonyl (C=O) groups is 1. The molecule has 3 aromatic rings. The molecule has 1 fully saturated rings. The molecular weight excluding hydrogens is 380 g/mol. The van der Waals surface area contributed by atoms with E-state index >= 15 is 0 Å². The Labute approximate surface area is 176 Å². The molecule has 0 saturated heterocycles. The van der Waals surface area contributed by atoms with Crippen LogP contribution >= 0.6 is 0 Å². The highest BCUT2D eigenvalue weighted by atomic mass is 16.5. The van der Waals surface area contributed by atoms with Crippen molar-refractivity contribution in [3.63, 3.8) is 0 Å². The highest BCUT2D eigenvalue weighted by Crippen LogP contribution is 2.36. The number of nitrogens with zero attached hydrogens (tertiary/aromatic N) is 5. The highest BCUT2D eigenvalue weighted by molar-refractivity contribution is 6.05. The van der Waals surface area contributed by atoms with Crippen molar-refractivity contribution in [2.75, 3.05) is 0 Å². The molecule has 4 rings (SSSR count). The predicted molar refractivity (Wildman–Crippen MR) is 113 cm³/mol. The molecular formula is C22H30N6O2. The molecule has 0 radical (unpaired) electrons. The lowest BCUT2D eigenvalue weighted by Crippen LogP contribution is -2.48. The zero-order valence-electron chi connectivity index (χ0n) is 18.4. The fourth-order valence-corrected chi connectivity index (χ4v) is 4.24. The molecule has 0 atom stereocenters. The van der Waals surface area contributed by atoms with Crippen LogP contribution in [0.5, 0.6) is 0 Å². The van der Waals surface area contributed by atoms with Crippen LogP contribution in [0.4, 0.5) is 0 Å². The van der Waals surface area contributed by atoms with Gasteiger partial charge in [-0.05, 0) is 38.7 Å². The summed E-state index contributed by atoms with van der Waals surface area (Å²) in [6.45, 7) is 10.1. The molecule has 8 heteroatoms. The van der Waals surface area contributed by atoms with Gasteiger partial charge in [0.2, 0.25) is 5.89 Å². The van der Waals surface area contributed by atoms with Crippen LogP contribution in [-0.2, 0) is 5.54 Å². The first-order valence-electron chi connectivity index (χ1n) is 10.8. The normalized spacial score (nSPS) is 16.5. The molecule has 1 amide bonds. The van der Waals surface area contributed by atoms with E-state index in [1.165, 1.54) is 0 Å². The van der Waals surface area contributed by atoms with Gasteiger partial charge in [-0.25, -0.2) is 9.67 Å². The quantitative estimate of drug-likeness (QED) is 0.669. The fourth-order valence-electron chi connectivity index (χ4n) is 4.24. The highest BCUT2D eigenvalue weighted by Gasteiger charge is 2.40. The van der Waals surface area contributed by atoms with Gasteiger partial charge in [-0.2, -0.15) is 10.1 Å². The van der Waals surface area contributed by atoms with E-state index in [9.17, 15) is 4.79 Å². The maximum Gasteiger partial charge on any atom is 0.252 e. The summed E-state index contributed by atoms with van der Waals surface area (Å²) in [6.07, 6.45) is 6.52. The van der Waals surface area contributed by atoms with Gasteiger partial charge < -0.3 is 9.84 Å². The monoisotopic (exact) mass is 410 g/mol. The Hall–Kier alpha value is -2.77. The summed E-state index contributed by atoms with van der Waals surface area (Å²) in [7, 11) is 0. The molecule has 1 saturated carbocycles. The third-order valence-corrected chi connectivity index (χ3v) is 5.93. The summed E-state index contributed by atoms with van der Waals surface area (Å²) in [6, 6.07) is 2.05. The summed E-state index contributed by atoms with van der Waals surface area (Å²) in [5, 5.41) is 12.7. The van der Waals surface area contributed by atoms with Gasteiger partial charge >= 0.3 is 0 Å². The lowest BCUT2D eigenvalue weighted by atomic mass is 9.80. The molecule has 160 valence electrons. The van der Waals surface area contributed by atoms with Crippen LogP contribution in [0, 0.1) is 6.92 Å². The predicted octanol–water partition coefficient (Wildman–Crippen LogP) is 4.42. The Morgan fingerprint density at radius 3 is 2.50 bits per heavy atom. The van der Waals surface area contributed by atoms with Crippen LogP contribution in [0.15, 0.2) is 16.8 Å². The SMILES string of the molecule is Cc1nc(C2(NC(=O)c3cc(C(C)C)nc4c3cnn4C(C)C)CCCCC2)no1. The second-order valence-electron chi connectivity index (χ2n) is 8.90. The third kappa shape index (κ3) is 3.59. The van der Waals surface area contributed by atoms with Gasteiger partial charge in [-0.1, -0.05) is 38.3 Å². The van der Waals surface area contributed by atoms with Crippen LogP contribution in [0.3, 0.4) is 0 Å². The first kappa shape index (κ1) is 20.5. The van der Waals surface area contributed by atoms with Crippen molar-refractivity contribution in [3.05, 3.63) is 35.2 Å². The summed E-state index contributed by atoms with van der Waals surface area (Å²) in [5.41, 5.74) is 1.62. The second-order valence-corrected chi connectivity index (χ2v) is 8.90. The Balaban J connectivity index is 1.78. The minimum absolute atomic E-state index is 0.142. The standard InChI is InChI=1S/C22H30N6O2/c1-13(2)18-11-16(17-12-23-28(14(3)4)19(17)25-18)20(29)26-22(9-7-6-8-10-22)21-24-15(5)30-27-21/h11-14H,6-10H2,1-5H3,(H,26,29). The van der Waals surface area contributed by atoms with Gasteiger partial charge in [-0.3, -0.25) is 4.79 Å². The molecule has 0 aromatic carbocycles. The molecule has 0 unspecified atom stereocenters. The Morgan fingerprint density at radius 2 is 1.90 bits per heavy atom. The summed E-state index contributed by atoms with van der Waals surface area (Å²) in [5.74, 6) is 1.13. The van der Waals surface area contributed by atoms with Crippen LogP contribution < -0.4 is 5.32 Å². The summed E-state index contributed by atoms with van der Waals surface area (Å²) in [4.78, 5) is 22.9. The molecule has 0 aliphatic heterocycles. The van der Waals surface area contributed by atoms with E-state index in [1.807, 2.05) is 10.7 Å². The molecule has 0 spiro atoms. The van der Waals surface area contributed by atoms with Crippen molar-refractivity contribution in [2.24, 2.45) is 0 Å². The second kappa shape index (κ2) is 7.81. The fraction of sp³-hybridized carbons (Fsp3) is 0.591. The van der Waals surface area contributed by atoms with E-state index < -0.39 is 5.54 Å². The molecule has 8 nitrogen and oxygen atoms in total. The molecule has 3 aromatic heterocycles. The Morgan fingerprint density at radius 1 is 1.17 bits per heavy atom. The number of hydrogen-bond donors (Lipinski definition) is 1. The number of pyridine rings is 1. The number of carbonyl (C=O) groups excluding carboxylic acids is 1. The van der Waals surface area contributed by atoms with Crippen molar-refractivity contribution in [1.82, 2.24) is 30.2 Å². The van der Waals surface area contributed by atoms with E-state index in [2.05, 4.69) is 48.3 Å². The van der Waals surface area contributed by atoms with Crippen molar-refractivity contribution in [3.8, 4) is 0 Å². The zero-order valence-corrected chi connectivity index (χ0v) is 18.4. The average molecular weight is 411 g/mol. The maximum absolute atomic E-state index is 13.6. The van der Waals surface area contributed by atoms with E-state index in [0.29, 0.717) is 17.3 Å². The lowest BCUT2D eigenvalue weighted by molar-refractivity contribution is 0.0857. The van der Waals surface area contributed by atoms with E-state index in [4.69, 9.17) is 9.51 Å². The number of hydrogen-bond acceptors (Lipinski definition) is 6. The van der Waals surface area contributed by atoms with Crippen LogP contribution in [-0.4, -0.2) is 30.8 Å². The number of nitrogens with one attached hydrogen (secondary N) is 1. The van der Waals surface area contributed by atoms with Gasteiger partial charge in [-0.15, -0.1) is 0 Å². The van der Waals surface area contributed by atoms with Crippen LogP contribution in [0.25, 0.3) is 11.0 Å². The first-order chi connectivity index (χ1) is 14.3. The number of aryl methyl sites for hydroxylation is 1. The number of aromatic nitrogens is 5. The molecule has 1 N–H and O–H groups in total. The molecule has 1 aliphatic carbocycles. The molecule has 0 bridgehead atoms. The Bertz CT molecular complexity index is 1060. The topological polar surface area (TPSA) is 98.7 Å². The van der Waals surface area contributed by atoms with E-state index in [-0.39, 0.29) is 17.9 Å². The van der Waals surface area contributed by atoms with Gasteiger partial charge in [0.25, 0.3) is 5.91 Å². The third-order valence-electron chi connectivity index (χ3n) is 5.93. The Kier molecular flexibility index (Phi) is 5.34. The van der Waals surface area contributed by atoms with Crippen LogP contribution in [0.1, 0.15) is 99.5 Å². The first-order valence-corrected chi connectivity index (χ1v) is 10.8. The zero-order chi connectivity index (χ0) is 21.5. The number of rotatable bonds is 5. The maximum atomic E-state index is 13.6. The molecule has 3 heterocycles. The smallest absolute Gasteiger partial charge is 0.252 e. The van der Waals surface area contributed by atoms with Gasteiger partial charge in [0.1, 0.15) is 5.54 Å². The number of amides is 1. The van der Waals surface area contributed by atoms with Gasteiger partial charge in [0.05, 0.1) is 17.1 Å². The van der Waals surface area contributed by atoms with Crippen molar-refractivity contribution in [1.29, 1.82) is 0 Å². The minimum Gasteiger partial charge on any atom is -0.340 e. The molecule has 30 heavy (non-hydrogen) atoms. The van der Waals surface area contributed by atoms with E-state index in [1.54, 1.807) is 13.1 Å². The number of fused-ring (bicyclic) bond motifs is 1. The van der Waals surface area contributed by atoms with Crippen molar-refractivity contribution in [2.45, 2.75) is 84.2 Å². The average Bonchev–Trinajstić information content (AvgIpc) is 3.34. The van der Waals surface area contributed by atoms with E-state index in [0.717, 1.165) is 48.8 Å². The van der Waals surface area contributed by atoms with Gasteiger partial charge in [0.15, 0.2) is 11.5 Å². The lowest BCUT2D eigenvalue weighted by Gasteiger charge is -2.35. The van der Waals surface area contributed by atoms with Crippen molar-refractivity contribution >= 4 is 16.9 Å².